The van der Waals surface area contributed by atoms with Crippen LogP contribution in [0.1, 0.15) is 6.42 Å². The highest BCUT2D eigenvalue weighted by Gasteiger charge is 2.00. The van der Waals surface area contributed by atoms with E-state index in [1.807, 2.05) is 0 Å². The Kier molecular flexibility index (Phi) is 2.28. The zero-order valence-electron chi connectivity index (χ0n) is 6.22. The summed E-state index contributed by atoms with van der Waals surface area (Å²) in [6, 6.07) is 1.39. The molecule has 0 aromatic rings. The molecular formula is C8H14Si. The van der Waals surface area contributed by atoms with Crippen molar-refractivity contribution in [1.82, 2.24) is 0 Å². The van der Waals surface area contributed by atoms with Gasteiger partial charge in [-0.1, -0.05) is 36.9 Å². The van der Waals surface area contributed by atoms with Crippen LogP contribution in [0.15, 0.2) is 23.8 Å². The van der Waals surface area contributed by atoms with E-state index in [9.17, 15) is 0 Å². The molecule has 0 radical (unpaired) electrons. The minimum atomic E-state index is -0.343. The summed E-state index contributed by atoms with van der Waals surface area (Å²) < 4.78 is 0. The van der Waals surface area contributed by atoms with E-state index >= 15 is 0 Å². The van der Waals surface area contributed by atoms with Gasteiger partial charge in [0.15, 0.2) is 0 Å². The van der Waals surface area contributed by atoms with Gasteiger partial charge in [-0.25, -0.2) is 0 Å². The number of allylic oxidation sites excluding steroid dienone is 4. The van der Waals surface area contributed by atoms with Crippen LogP contribution in [-0.4, -0.2) is 8.80 Å². The molecule has 0 saturated carbocycles. The minimum absolute atomic E-state index is 0.343. The maximum absolute atomic E-state index is 2.40. The van der Waals surface area contributed by atoms with Crippen molar-refractivity contribution >= 4 is 8.80 Å². The van der Waals surface area contributed by atoms with E-state index in [4.69, 9.17) is 0 Å². The van der Waals surface area contributed by atoms with Crippen molar-refractivity contribution in [3.63, 3.8) is 0 Å². The summed E-state index contributed by atoms with van der Waals surface area (Å²) in [6.45, 7) is 4.79. The first kappa shape index (κ1) is 6.81. The molecule has 0 aromatic carbocycles. The molecule has 0 aromatic heterocycles. The molecule has 0 amide bonds. The molecule has 1 heteroatoms. The number of rotatable bonds is 2. The Morgan fingerprint density at radius 2 is 2.33 bits per heavy atom. The van der Waals surface area contributed by atoms with Crippen LogP contribution in [0.3, 0.4) is 0 Å². The fourth-order valence-electron chi connectivity index (χ4n) is 1.13. The highest BCUT2D eigenvalue weighted by Crippen LogP contribution is 2.14. The largest absolute Gasteiger partial charge is 0.0805 e. The van der Waals surface area contributed by atoms with Crippen LogP contribution < -0.4 is 0 Å². The molecule has 0 saturated heterocycles. The van der Waals surface area contributed by atoms with E-state index in [1.165, 1.54) is 12.5 Å². The summed E-state index contributed by atoms with van der Waals surface area (Å²) in [7, 11) is -0.343. The van der Waals surface area contributed by atoms with E-state index in [2.05, 4.69) is 31.3 Å². The summed E-state index contributed by atoms with van der Waals surface area (Å²) >= 11 is 0. The monoisotopic (exact) mass is 138 g/mol. The van der Waals surface area contributed by atoms with Crippen LogP contribution in [0.25, 0.3) is 0 Å². The third-order valence-corrected chi connectivity index (χ3v) is 2.78. The molecule has 0 unspecified atom stereocenters. The normalized spacial score (nSPS) is 17.0. The molecule has 0 heterocycles. The quantitative estimate of drug-likeness (QED) is 0.514. The first-order valence-electron chi connectivity index (χ1n) is 3.64. The Bertz CT molecular complexity index is 143. The standard InChI is InChI=1S/C8H14Si/c1-9(2)7-8-5-3-4-6-8/h3,5-6,9H,4,7H2,1-2H3. The molecule has 0 nitrogen and oxygen atoms in total. The van der Waals surface area contributed by atoms with Gasteiger partial charge in [-0.2, -0.15) is 0 Å². The van der Waals surface area contributed by atoms with Crippen molar-refractivity contribution in [2.75, 3.05) is 0 Å². The van der Waals surface area contributed by atoms with Gasteiger partial charge >= 0.3 is 0 Å². The molecule has 50 valence electrons. The molecule has 1 rings (SSSR count). The molecule has 0 N–H and O–H groups in total. The molecule has 0 bridgehead atoms. The molecule has 0 atom stereocenters. The van der Waals surface area contributed by atoms with Crippen LogP contribution in [0.2, 0.25) is 19.1 Å². The highest BCUT2D eigenvalue weighted by molar-refractivity contribution is 6.56. The zero-order valence-corrected chi connectivity index (χ0v) is 7.38. The lowest BCUT2D eigenvalue weighted by molar-refractivity contribution is 1.40. The average Bonchev–Trinajstić information content (AvgIpc) is 2.15. The van der Waals surface area contributed by atoms with E-state index in [0.29, 0.717) is 0 Å². The third-order valence-electron chi connectivity index (χ3n) is 1.49. The Morgan fingerprint density at radius 3 is 2.78 bits per heavy atom. The maximum Gasteiger partial charge on any atom is 0.0352 e. The van der Waals surface area contributed by atoms with Crippen LogP contribution in [0, 0.1) is 0 Å². The van der Waals surface area contributed by atoms with E-state index in [-0.39, 0.29) is 8.80 Å². The third kappa shape index (κ3) is 2.18. The lowest BCUT2D eigenvalue weighted by atomic mass is 10.3. The smallest absolute Gasteiger partial charge is 0.0352 e. The fraction of sp³-hybridized carbons (Fsp3) is 0.500. The molecule has 0 aliphatic heterocycles. The average molecular weight is 138 g/mol. The Labute approximate surface area is 58.9 Å². The van der Waals surface area contributed by atoms with Crippen LogP contribution in [0.5, 0.6) is 0 Å². The SMILES string of the molecule is C[SiH](C)CC1=CCC=C1. The van der Waals surface area contributed by atoms with Crippen LogP contribution >= 0.6 is 0 Å². The van der Waals surface area contributed by atoms with E-state index < -0.39 is 0 Å². The molecule has 0 fully saturated rings. The Morgan fingerprint density at radius 1 is 1.56 bits per heavy atom. The summed E-state index contributed by atoms with van der Waals surface area (Å²) in [5.74, 6) is 0. The Hall–Kier alpha value is -0.303. The van der Waals surface area contributed by atoms with Crippen molar-refractivity contribution in [1.29, 1.82) is 0 Å². The summed E-state index contributed by atoms with van der Waals surface area (Å²) in [5.41, 5.74) is 1.58. The lowest BCUT2D eigenvalue weighted by Gasteiger charge is -1.99. The lowest BCUT2D eigenvalue weighted by Crippen LogP contribution is -1.98. The summed E-state index contributed by atoms with van der Waals surface area (Å²) in [5, 5.41) is 0. The van der Waals surface area contributed by atoms with Crippen molar-refractivity contribution < 1.29 is 0 Å². The summed E-state index contributed by atoms with van der Waals surface area (Å²) in [4.78, 5) is 0. The van der Waals surface area contributed by atoms with Crippen molar-refractivity contribution in [3.8, 4) is 0 Å². The fourth-order valence-corrected chi connectivity index (χ4v) is 2.38. The first-order valence-corrected chi connectivity index (χ1v) is 6.77. The topological polar surface area (TPSA) is 0 Å². The molecule has 1 aliphatic carbocycles. The van der Waals surface area contributed by atoms with Crippen molar-refractivity contribution in [2.45, 2.75) is 25.6 Å². The molecule has 1 aliphatic rings. The Balaban J connectivity index is 2.35. The van der Waals surface area contributed by atoms with Crippen LogP contribution in [0.4, 0.5) is 0 Å². The predicted octanol–water partition coefficient (Wildman–Crippen LogP) is 2.36. The second-order valence-electron chi connectivity index (χ2n) is 3.02. The molecule has 9 heavy (non-hydrogen) atoms. The molecule has 0 spiro atoms. The van der Waals surface area contributed by atoms with Crippen molar-refractivity contribution in [3.05, 3.63) is 23.8 Å². The van der Waals surface area contributed by atoms with Gasteiger partial charge in [0.05, 0.1) is 0 Å². The van der Waals surface area contributed by atoms with E-state index in [0.717, 1.165) is 0 Å². The van der Waals surface area contributed by atoms with Gasteiger partial charge in [-0.05, 0) is 12.5 Å². The van der Waals surface area contributed by atoms with Gasteiger partial charge in [0, 0.05) is 8.80 Å². The number of hydrogen-bond donors (Lipinski definition) is 0. The van der Waals surface area contributed by atoms with Crippen molar-refractivity contribution in [2.24, 2.45) is 0 Å². The second-order valence-corrected chi connectivity index (χ2v) is 6.21. The van der Waals surface area contributed by atoms with Gasteiger partial charge in [0.25, 0.3) is 0 Å². The predicted molar refractivity (Wildman–Crippen MR) is 45.5 cm³/mol. The van der Waals surface area contributed by atoms with Gasteiger partial charge in [-0.15, -0.1) is 0 Å². The minimum Gasteiger partial charge on any atom is -0.0805 e. The van der Waals surface area contributed by atoms with Gasteiger partial charge in [-0.3, -0.25) is 0 Å². The van der Waals surface area contributed by atoms with Gasteiger partial charge < -0.3 is 0 Å². The summed E-state index contributed by atoms with van der Waals surface area (Å²) in [6.07, 6.45) is 8.03. The highest BCUT2D eigenvalue weighted by atomic mass is 28.3. The first-order chi connectivity index (χ1) is 4.29. The zero-order chi connectivity index (χ0) is 6.69. The maximum atomic E-state index is 2.40. The molecular weight excluding hydrogens is 124 g/mol. The van der Waals surface area contributed by atoms with Gasteiger partial charge in [0.1, 0.15) is 0 Å². The number of hydrogen-bond acceptors (Lipinski definition) is 0. The second kappa shape index (κ2) is 3.02. The van der Waals surface area contributed by atoms with E-state index in [1.54, 1.807) is 5.57 Å². The van der Waals surface area contributed by atoms with Gasteiger partial charge in [0.2, 0.25) is 0 Å². The van der Waals surface area contributed by atoms with Crippen LogP contribution in [-0.2, 0) is 0 Å².